The molecular weight excluding hydrogens is 256 g/mol. The quantitative estimate of drug-likeness (QED) is 0.699. The number of fused-ring (bicyclic) bond motifs is 2. The second-order valence-electron chi connectivity index (χ2n) is 5.98. The molecule has 0 aromatic carbocycles. The van der Waals surface area contributed by atoms with Crippen molar-refractivity contribution in [2.45, 2.75) is 45.4 Å². The van der Waals surface area contributed by atoms with Crippen molar-refractivity contribution in [2.75, 3.05) is 17.4 Å². The zero-order valence-electron chi connectivity index (χ0n) is 10.6. The van der Waals surface area contributed by atoms with Gasteiger partial charge in [-0.2, -0.15) is 0 Å². The van der Waals surface area contributed by atoms with Crippen LogP contribution < -0.4 is 0 Å². The van der Waals surface area contributed by atoms with Gasteiger partial charge in [-0.15, -0.1) is 11.6 Å². The summed E-state index contributed by atoms with van der Waals surface area (Å²) >= 11 is 6.17. The Bertz CT molecular complexity index is 366. The van der Waals surface area contributed by atoms with Crippen molar-refractivity contribution in [3.05, 3.63) is 0 Å². The van der Waals surface area contributed by atoms with E-state index in [1.165, 1.54) is 25.7 Å². The zero-order chi connectivity index (χ0) is 12.5. The van der Waals surface area contributed by atoms with Crippen LogP contribution >= 0.6 is 11.6 Å². The molecule has 0 aliphatic heterocycles. The van der Waals surface area contributed by atoms with Crippen molar-refractivity contribution in [3.63, 3.8) is 0 Å². The smallest absolute Gasteiger partial charge is 0.150 e. The van der Waals surface area contributed by atoms with Gasteiger partial charge in [0.1, 0.15) is 9.84 Å². The van der Waals surface area contributed by atoms with Gasteiger partial charge in [0.2, 0.25) is 0 Å². The van der Waals surface area contributed by atoms with Crippen LogP contribution in [0.5, 0.6) is 0 Å². The highest BCUT2D eigenvalue weighted by Crippen LogP contribution is 2.58. The summed E-state index contributed by atoms with van der Waals surface area (Å²) in [5.74, 6) is 2.85. The van der Waals surface area contributed by atoms with Crippen LogP contribution in [0.1, 0.15) is 45.4 Å². The number of hydrogen-bond acceptors (Lipinski definition) is 2. The van der Waals surface area contributed by atoms with Crippen molar-refractivity contribution in [1.29, 1.82) is 0 Å². The zero-order valence-corrected chi connectivity index (χ0v) is 12.2. The third kappa shape index (κ3) is 2.81. The highest BCUT2D eigenvalue weighted by molar-refractivity contribution is 7.91. The van der Waals surface area contributed by atoms with Gasteiger partial charge in [0.15, 0.2) is 0 Å². The van der Waals surface area contributed by atoms with Gasteiger partial charge in [0.25, 0.3) is 0 Å². The maximum absolute atomic E-state index is 11.8. The van der Waals surface area contributed by atoms with Gasteiger partial charge in [-0.1, -0.05) is 13.3 Å². The second-order valence-corrected chi connectivity index (χ2v) is 8.55. The number of hydrogen-bond donors (Lipinski definition) is 0. The molecule has 0 heterocycles. The molecule has 2 aliphatic carbocycles. The van der Waals surface area contributed by atoms with E-state index >= 15 is 0 Å². The summed E-state index contributed by atoms with van der Waals surface area (Å²) < 4.78 is 23.6. The molecule has 2 nitrogen and oxygen atoms in total. The normalized spacial score (nSPS) is 36.6. The molecular formula is C13H23ClO2S. The molecule has 2 rings (SSSR count). The van der Waals surface area contributed by atoms with Crippen LogP contribution in [0.3, 0.4) is 0 Å². The Morgan fingerprint density at radius 3 is 2.53 bits per heavy atom. The number of rotatable bonds is 6. The molecule has 2 fully saturated rings. The van der Waals surface area contributed by atoms with Gasteiger partial charge in [-0.3, -0.25) is 0 Å². The molecule has 2 bridgehead atoms. The topological polar surface area (TPSA) is 34.1 Å². The van der Waals surface area contributed by atoms with Crippen molar-refractivity contribution < 1.29 is 8.42 Å². The van der Waals surface area contributed by atoms with Gasteiger partial charge in [0.05, 0.1) is 5.75 Å². The first-order valence-electron chi connectivity index (χ1n) is 6.78. The predicted molar refractivity (Wildman–Crippen MR) is 72.2 cm³/mol. The summed E-state index contributed by atoms with van der Waals surface area (Å²) in [6.07, 6.45) is 6.59. The SMILES string of the molecule is CCCS(=O)(=O)CCC1(CCl)CC2CCC1C2. The summed E-state index contributed by atoms with van der Waals surface area (Å²) in [4.78, 5) is 0. The molecule has 100 valence electrons. The fourth-order valence-corrected chi connectivity index (χ4v) is 5.87. The minimum absolute atomic E-state index is 0.144. The monoisotopic (exact) mass is 278 g/mol. The summed E-state index contributed by atoms with van der Waals surface area (Å²) in [5.41, 5.74) is 0.144. The molecule has 3 unspecified atom stereocenters. The minimum atomic E-state index is -2.84. The Kier molecular flexibility index (Phi) is 4.09. The average molecular weight is 279 g/mol. The van der Waals surface area contributed by atoms with Crippen LogP contribution in [0.4, 0.5) is 0 Å². The molecule has 0 radical (unpaired) electrons. The number of alkyl halides is 1. The van der Waals surface area contributed by atoms with Gasteiger partial charge >= 0.3 is 0 Å². The standard InChI is InChI=1S/C13H23ClO2S/c1-2-6-17(15,16)7-5-13(10-14)9-11-3-4-12(13)8-11/h11-12H,2-10H2,1H3. The first-order valence-corrected chi connectivity index (χ1v) is 9.13. The van der Waals surface area contributed by atoms with Crippen LogP contribution in [0.15, 0.2) is 0 Å². The van der Waals surface area contributed by atoms with Crippen molar-refractivity contribution >= 4 is 21.4 Å². The van der Waals surface area contributed by atoms with E-state index < -0.39 is 9.84 Å². The van der Waals surface area contributed by atoms with Crippen LogP contribution in [-0.2, 0) is 9.84 Å². The third-order valence-corrected chi connectivity index (χ3v) is 7.18. The van der Waals surface area contributed by atoms with Gasteiger partial charge < -0.3 is 0 Å². The van der Waals surface area contributed by atoms with Gasteiger partial charge in [0, 0.05) is 11.6 Å². The summed E-state index contributed by atoms with van der Waals surface area (Å²) in [6.45, 7) is 1.92. The molecule has 4 heteroatoms. The molecule has 0 N–H and O–H groups in total. The molecule has 0 spiro atoms. The maximum atomic E-state index is 11.8. The van der Waals surface area contributed by atoms with E-state index in [2.05, 4.69) is 0 Å². The largest absolute Gasteiger partial charge is 0.229 e. The minimum Gasteiger partial charge on any atom is -0.229 e. The van der Waals surface area contributed by atoms with E-state index in [4.69, 9.17) is 11.6 Å². The van der Waals surface area contributed by atoms with E-state index in [0.29, 0.717) is 23.3 Å². The average Bonchev–Trinajstić information content (AvgIpc) is 2.87. The lowest BCUT2D eigenvalue weighted by molar-refractivity contribution is 0.187. The molecule has 0 amide bonds. The molecule has 0 aromatic heterocycles. The molecule has 3 atom stereocenters. The van der Waals surface area contributed by atoms with E-state index in [1.54, 1.807) is 0 Å². The third-order valence-electron chi connectivity index (χ3n) is 4.79. The first-order chi connectivity index (χ1) is 8.01. The van der Waals surface area contributed by atoms with Crippen LogP contribution in [0.2, 0.25) is 0 Å². The summed E-state index contributed by atoms with van der Waals surface area (Å²) in [7, 11) is -2.84. The number of sulfone groups is 1. The maximum Gasteiger partial charge on any atom is 0.150 e. The highest BCUT2D eigenvalue weighted by atomic mass is 35.5. The Morgan fingerprint density at radius 2 is 2.06 bits per heavy atom. The van der Waals surface area contributed by atoms with E-state index in [1.807, 2.05) is 6.92 Å². The van der Waals surface area contributed by atoms with Gasteiger partial charge in [-0.05, 0) is 49.4 Å². The summed E-state index contributed by atoms with van der Waals surface area (Å²) in [5, 5.41) is 0. The van der Waals surface area contributed by atoms with E-state index in [0.717, 1.165) is 18.8 Å². The van der Waals surface area contributed by atoms with Crippen LogP contribution in [0, 0.1) is 17.3 Å². The van der Waals surface area contributed by atoms with Crippen molar-refractivity contribution in [3.8, 4) is 0 Å². The van der Waals surface area contributed by atoms with E-state index in [9.17, 15) is 8.42 Å². The lowest BCUT2D eigenvalue weighted by atomic mass is 9.73. The van der Waals surface area contributed by atoms with E-state index in [-0.39, 0.29) is 5.41 Å². The van der Waals surface area contributed by atoms with Crippen molar-refractivity contribution in [2.24, 2.45) is 17.3 Å². The molecule has 17 heavy (non-hydrogen) atoms. The Hall–Kier alpha value is 0.240. The highest BCUT2D eigenvalue weighted by Gasteiger charge is 2.50. The Labute approximate surface area is 110 Å². The first kappa shape index (κ1) is 13.7. The fourth-order valence-electron chi connectivity index (χ4n) is 3.87. The predicted octanol–water partition coefficient (Wildman–Crippen LogP) is 3.25. The second kappa shape index (κ2) is 5.08. The van der Waals surface area contributed by atoms with Gasteiger partial charge in [-0.25, -0.2) is 8.42 Å². The molecule has 2 aliphatic rings. The summed E-state index contributed by atoms with van der Waals surface area (Å²) in [6, 6.07) is 0. The lowest BCUT2D eigenvalue weighted by Gasteiger charge is -2.36. The Balaban J connectivity index is 1.97. The fraction of sp³-hybridized carbons (Fsp3) is 1.00. The molecule has 0 aromatic rings. The van der Waals surface area contributed by atoms with Crippen LogP contribution in [0.25, 0.3) is 0 Å². The lowest BCUT2D eigenvalue weighted by Crippen LogP contribution is -2.32. The molecule has 2 saturated carbocycles. The van der Waals surface area contributed by atoms with Crippen LogP contribution in [-0.4, -0.2) is 25.8 Å². The Morgan fingerprint density at radius 1 is 1.29 bits per heavy atom. The number of halogens is 1. The van der Waals surface area contributed by atoms with Crippen molar-refractivity contribution in [1.82, 2.24) is 0 Å². The molecule has 0 saturated heterocycles.